The van der Waals surface area contributed by atoms with Crippen LogP contribution in [0.4, 0.5) is 0 Å². The highest BCUT2D eigenvalue weighted by Crippen LogP contribution is 2.08. The van der Waals surface area contributed by atoms with E-state index in [1.165, 1.54) is 4.90 Å². The number of amides is 2. The summed E-state index contributed by atoms with van der Waals surface area (Å²) >= 11 is 0. The van der Waals surface area contributed by atoms with E-state index in [9.17, 15) is 14.4 Å². The molecule has 1 N–H and O–H groups in total. The first-order valence-electron chi connectivity index (χ1n) is 6.30. The summed E-state index contributed by atoms with van der Waals surface area (Å²) < 4.78 is 5.08. The van der Waals surface area contributed by atoms with Gasteiger partial charge in [0.2, 0.25) is 11.8 Å². The van der Waals surface area contributed by atoms with Crippen LogP contribution >= 0.6 is 0 Å². The smallest absolute Gasteiger partial charge is 0.306 e. The van der Waals surface area contributed by atoms with Crippen LogP contribution in [0, 0.1) is 0 Å². The van der Waals surface area contributed by atoms with Gasteiger partial charge in [0.25, 0.3) is 0 Å². The highest BCUT2D eigenvalue weighted by molar-refractivity contribution is 5.82. The zero-order valence-electron chi connectivity index (χ0n) is 12.4. The molecule has 0 aromatic rings. The lowest BCUT2D eigenvalue weighted by Gasteiger charge is -2.19. The number of hydrogen-bond donors (Lipinski definition) is 1. The van der Waals surface area contributed by atoms with Crippen LogP contribution in [0.3, 0.4) is 0 Å². The van der Waals surface area contributed by atoms with Crippen LogP contribution < -0.4 is 5.32 Å². The van der Waals surface area contributed by atoms with Gasteiger partial charge in [-0.05, 0) is 20.8 Å². The van der Waals surface area contributed by atoms with Crippen LogP contribution in [0.5, 0.6) is 0 Å². The minimum atomic E-state index is -0.536. The number of nitrogens with zero attached hydrogens (tertiary/aromatic N) is 1. The lowest BCUT2D eigenvalue weighted by Crippen LogP contribution is -2.31. The fourth-order valence-electron chi connectivity index (χ4n) is 1.23. The number of esters is 1. The molecule has 0 aliphatic rings. The summed E-state index contributed by atoms with van der Waals surface area (Å²) in [6.07, 6.45) is 0.376. The van der Waals surface area contributed by atoms with E-state index >= 15 is 0 Å². The maximum absolute atomic E-state index is 11.4. The lowest BCUT2D eigenvalue weighted by atomic mass is 10.2. The predicted octanol–water partition coefficient (Wildman–Crippen LogP) is 0.703. The van der Waals surface area contributed by atoms with Crippen molar-refractivity contribution in [1.29, 1.82) is 0 Å². The average Bonchev–Trinajstić information content (AvgIpc) is 2.23. The van der Waals surface area contributed by atoms with Gasteiger partial charge in [0.15, 0.2) is 0 Å². The Balaban J connectivity index is 3.77. The van der Waals surface area contributed by atoms with Crippen LogP contribution in [-0.4, -0.2) is 48.9 Å². The Bertz CT molecular complexity index is 332. The van der Waals surface area contributed by atoms with Gasteiger partial charge in [-0.25, -0.2) is 0 Å². The molecule has 0 saturated heterocycles. The quantitative estimate of drug-likeness (QED) is 0.722. The van der Waals surface area contributed by atoms with Gasteiger partial charge in [-0.1, -0.05) is 0 Å². The molecule has 2 amide bonds. The molecule has 0 heterocycles. The molecule has 0 bridgehead atoms. The molecule has 6 nitrogen and oxygen atoms in total. The topological polar surface area (TPSA) is 75.7 Å². The molecule has 19 heavy (non-hydrogen) atoms. The fourth-order valence-corrected chi connectivity index (χ4v) is 1.23. The summed E-state index contributed by atoms with van der Waals surface area (Å²) in [4.78, 5) is 35.5. The second kappa shape index (κ2) is 7.76. The van der Waals surface area contributed by atoms with E-state index in [1.807, 2.05) is 0 Å². The van der Waals surface area contributed by atoms with E-state index in [-0.39, 0.29) is 37.6 Å². The van der Waals surface area contributed by atoms with Crippen molar-refractivity contribution in [2.24, 2.45) is 0 Å². The summed E-state index contributed by atoms with van der Waals surface area (Å²) in [5.41, 5.74) is -0.536. The molecule has 0 unspecified atom stereocenters. The van der Waals surface area contributed by atoms with E-state index < -0.39 is 11.6 Å². The fraction of sp³-hybridized carbons (Fsp3) is 0.769. The second-order valence-electron chi connectivity index (χ2n) is 5.47. The van der Waals surface area contributed by atoms with E-state index in [4.69, 9.17) is 4.74 Å². The molecule has 0 aliphatic carbocycles. The van der Waals surface area contributed by atoms with Gasteiger partial charge in [0.1, 0.15) is 5.60 Å². The molecule has 0 aromatic heterocycles. The number of carbonyl (C=O) groups is 3. The highest BCUT2D eigenvalue weighted by atomic mass is 16.6. The normalized spacial score (nSPS) is 10.8. The average molecular weight is 272 g/mol. The van der Waals surface area contributed by atoms with Gasteiger partial charge >= 0.3 is 5.97 Å². The second-order valence-corrected chi connectivity index (χ2v) is 5.47. The number of hydrogen-bond acceptors (Lipinski definition) is 4. The maximum Gasteiger partial charge on any atom is 0.306 e. The van der Waals surface area contributed by atoms with Crippen molar-refractivity contribution in [1.82, 2.24) is 10.2 Å². The van der Waals surface area contributed by atoms with Crippen LogP contribution in [-0.2, 0) is 19.1 Å². The zero-order chi connectivity index (χ0) is 15.1. The minimum Gasteiger partial charge on any atom is -0.460 e. The van der Waals surface area contributed by atoms with Gasteiger partial charge in [-0.15, -0.1) is 0 Å². The lowest BCUT2D eigenvalue weighted by molar-refractivity contribution is -0.155. The Hall–Kier alpha value is -1.59. The SMILES string of the molecule is CN(C)C(=O)CCNC(=O)CCC(=O)OC(C)(C)C. The van der Waals surface area contributed by atoms with Gasteiger partial charge < -0.3 is 15.0 Å². The third kappa shape index (κ3) is 10.1. The number of rotatable bonds is 6. The van der Waals surface area contributed by atoms with Gasteiger partial charge in [0.05, 0.1) is 6.42 Å². The van der Waals surface area contributed by atoms with Gasteiger partial charge in [-0.2, -0.15) is 0 Å². The zero-order valence-corrected chi connectivity index (χ0v) is 12.4. The van der Waals surface area contributed by atoms with Crippen molar-refractivity contribution in [3.05, 3.63) is 0 Å². The Morgan fingerprint density at radius 2 is 1.63 bits per heavy atom. The van der Waals surface area contributed by atoms with Gasteiger partial charge in [0, 0.05) is 33.5 Å². The van der Waals surface area contributed by atoms with E-state index in [1.54, 1.807) is 34.9 Å². The Kier molecular flexibility index (Phi) is 7.11. The van der Waals surface area contributed by atoms with Gasteiger partial charge in [-0.3, -0.25) is 14.4 Å². The molecule has 0 fully saturated rings. The largest absolute Gasteiger partial charge is 0.460 e. The summed E-state index contributed by atoms with van der Waals surface area (Å²) in [6.45, 7) is 5.61. The van der Waals surface area contributed by atoms with Crippen molar-refractivity contribution in [3.8, 4) is 0 Å². The monoisotopic (exact) mass is 272 g/mol. The van der Waals surface area contributed by atoms with E-state index in [2.05, 4.69) is 5.32 Å². The molecule has 0 spiro atoms. The van der Waals surface area contributed by atoms with Crippen molar-refractivity contribution >= 4 is 17.8 Å². The van der Waals surface area contributed by atoms with Crippen molar-refractivity contribution in [2.45, 2.75) is 45.6 Å². The molecule has 0 aliphatic heterocycles. The van der Waals surface area contributed by atoms with Crippen molar-refractivity contribution < 1.29 is 19.1 Å². The number of carbonyl (C=O) groups excluding carboxylic acids is 3. The third-order valence-electron chi connectivity index (χ3n) is 2.14. The number of nitrogens with one attached hydrogen (secondary N) is 1. The molecular formula is C13H24N2O4. The predicted molar refractivity (Wildman–Crippen MR) is 71.4 cm³/mol. The first-order chi connectivity index (χ1) is 8.61. The first-order valence-corrected chi connectivity index (χ1v) is 6.30. The summed E-state index contributed by atoms with van der Waals surface area (Å²) in [5, 5.41) is 2.59. The van der Waals surface area contributed by atoms with Crippen LogP contribution in [0.25, 0.3) is 0 Å². The maximum atomic E-state index is 11.4. The molecule has 6 heteroatoms. The Morgan fingerprint density at radius 1 is 1.05 bits per heavy atom. The highest BCUT2D eigenvalue weighted by Gasteiger charge is 2.17. The Morgan fingerprint density at radius 3 is 2.11 bits per heavy atom. The summed E-state index contributed by atoms with van der Waals surface area (Å²) in [6, 6.07) is 0. The van der Waals surface area contributed by atoms with E-state index in [0.717, 1.165) is 0 Å². The molecular weight excluding hydrogens is 248 g/mol. The number of ether oxygens (including phenoxy) is 1. The molecule has 0 rings (SSSR count). The van der Waals surface area contributed by atoms with Crippen molar-refractivity contribution in [2.75, 3.05) is 20.6 Å². The van der Waals surface area contributed by atoms with E-state index in [0.29, 0.717) is 0 Å². The standard InChI is InChI=1S/C13H24N2O4/c1-13(2,3)19-12(18)7-6-10(16)14-9-8-11(17)15(4)5/h6-9H2,1-5H3,(H,14,16). The van der Waals surface area contributed by atoms with Crippen molar-refractivity contribution in [3.63, 3.8) is 0 Å². The minimum absolute atomic E-state index is 0.0464. The third-order valence-corrected chi connectivity index (χ3v) is 2.14. The van der Waals surface area contributed by atoms with Crippen LogP contribution in [0.1, 0.15) is 40.0 Å². The molecule has 0 aromatic carbocycles. The summed E-state index contributed by atoms with van der Waals surface area (Å²) in [5.74, 6) is -0.697. The molecule has 0 radical (unpaired) electrons. The van der Waals surface area contributed by atoms with Crippen LogP contribution in [0.2, 0.25) is 0 Å². The summed E-state index contributed by atoms with van der Waals surface area (Å²) in [7, 11) is 3.32. The molecule has 0 atom stereocenters. The van der Waals surface area contributed by atoms with Crippen LogP contribution in [0.15, 0.2) is 0 Å². The first kappa shape index (κ1) is 17.4. The molecule has 0 saturated carbocycles. The Labute approximate surface area is 114 Å². The molecule has 110 valence electrons.